The van der Waals surface area contributed by atoms with Crippen LogP contribution < -0.4 is 10.1 Å². The molecule has 0 aromatic heterocycles. The Morgan fingerprint density at radius 3 is 2.59 bits per heavy atom. The zero-order chi connectivity index (χ0) is 20.3. The minimum atomic E-state index is -0.106. The third-order valence-electron chi connectivity index (χ3n) is 5.38. The van der Waals surface area contributed by atoms with E-state index in [0.29, 0.717) is 25.8 Å². The molecular weight excluding hydrogens is 364 g/mol. The molecule has 156 valence electrons. The van der Waals surface area contributed by atoms with Gasteiger partial charge in [-0.05, 0) is 49.6 Å². The highest BCUT2D eigenvalue weighted by molar-refractivity contribution is 5.77. The average molecular weight is 397 g/mol. The van der Waals surface area contributed by atoms with Gasteiger partial charge < -0.3 is 14.8 Å². The van der Waals surface area contributed by atoms with Crippen molar-refractivity contribution in [1.82, 2.24) is 10.2 Å². The highest BCUT2D eigenvalue weighted by atomic mass is 16.5. The first-order chi connectivity index (χ1) is 14.2. The number of piperidine rings is 1. The van der Waals surface area contributed by atoms with Crippen LogP contribution >= 0.6 is 0 Å². The fourth-order valence-corrected chi connectivity index (χ4v) is 3.64. The molecule has 0 saturated carbocycles. The third kappa shape index (κ3) is 7.18. The van der Waals surface area contributed by atoms with Gasteiger partial charge in [0, 0.05) is 19.1 Å². The van der Waals surface area contributed by atoms with Crippen molar-refractivity contribution in [2.45, 2.75) is 45.3 Å². The lowest BCUT2D eigenvalue weighted by Crippen LogP contribution is -2.37. The number of benzene rings is 2. The average Bonchev–Trinajstić information content (AvgIpc) is 2.75. The van der Waals surface area contributed by atoms with Crippen molar-refractivity contribution < 1.29 is 14.3 Å². The first-order valence-corrected chi connectivity index (χ1v) is 10.6. The van der Waals surface area contributed by atoms with Crippen molar-refractivity contribution in [3.05, 3.63) is 65.7 Å². The molecule has 2 aromatic carbocycles. The van der Waals surface area contributed by atoms with Gasteiger partial charge in [0.15, 0.2) is 0 Å². The van der Waals surface area contributed by atoms with Crippen LogP contribution in [-0.4, -0.2) is 43.2 Å². The monoisotopic (exact) mass is 396 g/mol. The SMILES string of the molecule is CC1CCCCN1Cc1ccccc1CNC(=O)COCCOc1ccccc1. The van der Waals surface area contributed by atoms with Crippen LogP contribution in [0, 0.1) is 0 Å². The lowest BCUT2D eigenvalue weighted by Gasteiger charge is -2.33. The summed E-state index contributed by atoms with van der Waals surface area (Å²) in [5.41, 5.74) is 2.46. The summed E-state index contributed by atoms with van der Waals surface area (Å²) in [6, 6.07) is 18.6. The Bertz CT molecular complexity index is 751. The van der Waals surface area contributed by atoms with E-state index in [9.17, 15) is 4.79 Å². The molecule has 1 unspecified atom stereocenters. The second-order valence-electron chi connectivity index (χ2n) is 7.57. The van der Waals surface area contributed by atoms with E-state index < -0.39 is 0 Å². The van der Waals surface area contributed by atoms with Crippen molar-refractivity contribution in [3.8, 4) is 5.75 Å². The van der Waals surface area contributed by atoms with Crippen molar-refractivity contribution >= 4 is 5.91 Å². The first kappa shape index (κ1) is 21.3. The smallest absolute Gasteiger partial charge is 0.246 e. The van der Waals surface area contributed by atoms with E-state index in [1.54, 1.807) is 0 Å². The first-order valence-electron chi connectivity index (χ1n) is 10.6. The summed E-state index contributed by atoms with van der Waals surface area (Å²) in [5, 5.41) is 2.97. The molecule has 0 aliphatic carbocycles. The molecule has 1 saturated heterocycles. The lowest BCUT2D eigenvalue weighted by molar-refractivity contribution is -0.126. The number of amides is 1. The second kappa shape index (κ2) is 11.6. The van der Waals surface area contributed by atoms with Gasteiger partial charge >= 0.3 is 0 Å². The van der Waals surface area contributed by atoms with Gasteiger partial charge in [-0.2, -0.15) is 0 Å². The number of likely N-dealkylation sites (tertiary alicyclic amines) is 1. The molecule has 1 aliphatic rings. The van der Waals surface area contributed by atoms with Crippen LogP contribution in [0.4, 0.5) is 0 Å². The highest BCUT2D eigenvalue weighted by Gasteiger charge is 2.19. The van der Waals surface area contributed by atoms with Gasteiger partial charge in [0.1, 0.15) is 19.0 Å². The summed E-state index contributed by atoms with van der Waals surface area (Å²) in [7, 11) is 0. The van der Waals surface area contributed by atoms with E-state index in [1.165, 1.54) is 30.4 Å². The Morgan fingerprint density at radius 1 is 1.03 bits per heavy atom. The molecule has 1 amide bonds. The standard InChI is InChI=1S/C24H32N2O3/c1-20-9-7-8-14-26(20)18-22-11-6-5-10-21(22)17-25-24(27)19-28-15-16-29-23-12-3-2-4-13-23/h2-6,10-13,20H,7-9,14-19H2,1H3,(H,25,27). The maximum absolute atomic E-state index is 12.1. The van der Waals surface area contributed by atoms with Crippen LogP contribution in [-0.2, 0) is 22.6 Å². The molecule has 5 nitrogen and oxygen atoms in total. The van der Waals surface area contributed by atoms with E-state index in [1.807, 2.05) is 36.4 Å². The molecule has 2 aromatic rings. The molecule has 0 radical (unpaired) electrons. The molecule has 1 heterocycles. The van der Waals surface area contributed by atoms with Crippen molar-refractivity contribution in [3.63, 3.8) is 0 Å². The van der Waals surface area contributed by atoms with Crippen LogP contribution in [0.1, 0.15) is 37.3 Å². The van der Waals surface area contributed by atoms with Crippen LogP contribution in [0.15, 0.2) is 54.6 Å². The fraction of sp³-hybridized carbons (Fsp3) is 0.458. The minimum Gasteiger partial charge on any atom is -0.491 e. The Labute approximate surface area is 174 Å². The fourth-order valence-electron chi connectivity index (χ4n) is 3.64. The van der Waals surface area contributed by atoms with Gasteiger partial charge in [-0.1, -0.05) is 48.9 Å². The van der Waals surface area contributed by atoms with Crippen LogP contribution in [0.25, 0.3) is 0 Å². The normalized spacial score (nSPS) is 17.1. The molecule has 0 bridgehead atoms. The summed E-state index contributed by atoms with van der Waals surface area (Å²) in [4.78, 5) is 14.7. The van der Waals surface area contributed by atoms with E-state index in [0.717, 1.165) is 18.8 Å². The topological polar surface area (TPSA) is 50.8 Å². The van der Waals surface area contributed by atoms with Gasteiger partial charge in [-0.25, -0.2) is 0 Å². The van der Waals surface area contributed by atoms with Gasteiger partial charge in [-0.3, -0.25) is 9.69 Å². The number of ether oxygens (including phenoxy) is 2. The predicted octanol–water partition coefficient (Wildman–Crippen LogP) is 3.77. The number of hydrogen-bond donors (Lipinski definition) is 1. The predicted molar refractivity (Wildman–Crippen MR) is 115 cm³/mol. The summed E-state index contributed by atoms with van der Waals surface area (Å²) < 4.78 is 11.0. The third-order valence-corrected chi connectivity index (χ3v) is 5.38. The van der Waals surface area contributed by atoms with Crippen LogP contribution in [0.2, 0.25) is 0 Å². The zero-order valence-corrected chi connectivity index (χ0v) is 17.3. The lowest BCUT2D eigenvalue weighted by atomic mass is 10.0. The van der Waals surface area contributed by atoms with Gasteiger partial charge in [0.25, 0.3) is 0 Å². The molecule has 0 spiro atoms. The van der Waals surface area contributed by atoms with Crippen molar-refractivity contribution in [2.24, 2.45) is 0 Å². The molecular formula is C24H32N2O3. The molecule has 1 fully saturated rings. The summed E-state index contributed by atoms with van der Waals surface area (Å²) in [6.07, 6.45) is 3.87. The number of rotatable bonds is 10. The number of carbonyl (C=O) groups is 1. The minimum absolute atomic E-state index is 0.0451. The van der Waals surface area contributed by atoms with Crippen LogP contribution in [0.5, 0.6) is 5.75 Å². The largest absolute Gasteiger partial charge is 0.491 e. The number of carbonyl (C=O) groups excluding carboxylic acids is 1. The van der Waals surface area contributed by atoms with E-state index in [4.69, 9.17) is 9.47 Å². The summed E-state index contributed by atoms with van der Waals surface area (Å²) >= 11 is 0. The van der Waals surface area contributed by atoms with Crippen molar-refractivity contribution in [2.75, 3.05) is 26.4 Å². The van der Waals surface area contributed by atoms with Crippen molar-refractivity contribution in [1.29, 1.82) is 0 Å². The Morgan fingerprint density at radius 2 is 1.79 bits per heavy atom. The Balaban J connectivity index is 1.37. The van der Waals surface area contributed by atoms with Crippen LogP contribution in [0.3, 0.4) is 0 Å². The number of hydrogen-bond acceptors (Lipinski definition) is 4. The molecule has 5 heteroatoms. The van der Waals surface area contributed by atoms with Gasteiger partial charge in [0.2, 0.25) is 5.91 Å². The number of nitrogens with zero attached hydrogens (tertiary/aromatic N) is 1. The Hall–Kier alpha value is -2.37. The van der Waals surface area contributed by atoms with E-state index in [-0.39, 0.29) is 12.5 Å². The van der Waals surface area contributed by atoms with E-state index in [2.05, 4.69) is 35.3 Å². The molecule has 3 rings (SSSR count). The summed E-state index contributed by atoms with van der Waals surface area (Å²) in [5.74, 6) is 0.700. The zero-order valence-electron chi connectivity index (χ0n) is 17.3. The summed E-state index contributed by atoms with van der Waals surface area (Å²) in [6.45, 7) is 5.79. The maximum atomic E-state index is 12.1. The Kier molecular flexibility index (Phi) is 8.53. The van der Waals surface area contributed by atoms with E-state index >= 15 is 0 Å². The van der Waals surface area contributed by atoms with Gasteiger partial charge in [-0.15, -0.1) is 0 Å². The number of nitrogens with one attached hydrogen (secondary N) is 1. The highest BCUT2D eigenvalue weighted by Crippen LogP contribution is 2.20. The number of para-hydroxylation sites is 1. The second-order valence-corrected chi connectivity index (χ2v) is 7.57. The molecule has 1 aliphatic heterocycles. The van der Waals surface area contributed by atoms with Gasteiger partial charge in [0.05, 0.1) is 6.61 Å². The molecule has 29 heavy (non-hydrogen) atoms. The molecule has 1 N–H and O–H groups in total. The maximum Gasteiger partial charge on any atom is 0.246 e. The molecule has 1 atom stereocenters. The quantitative estimate of drug-likeness (QED) is 0.621.